The van der Waals surface area contributed by atoms with Crippen LogP contribution in [0.15, 0.2) is 41.1 Å². The quantitative estimate of drug-likeness (QED) is 0.652. The Morgan fingerprint density at radius 3 is 2.74 bits per heavy atom. The Hall–Kier alpha value is -1.76. The molecule has 2 aromatic heterocycles. The van der Waals surface area contributed by atoms with Crippen molar-refractivity contribution in [2.75, 3.05) is 7.05 Å². The lowest BCUT2D eigenvalue weighted by atomic mass is 10.1. The number of rotatable bonds is 5. The number of benzene rings is 1. The Morgan fingerprint density at radius 1 is 1.26 bits per heavy atom. The van der Waals surface area contributed by atoms with E-state index in [1.54, 1.807) is 11.3 Å². The molecule has 0 unspecified atom stereocenters. The molecule has 0 bridgehead atoms. The maximum absolute atomic E-state index is 5.56. The van der Waals surface area contributed by atoms with Crippen molar-refractivity contribution < 1.29 is 0 Å². The zero-order valence-electron chi connectivity index (χ0n) is 13.6. The molecule has 0 spiro atoms. The molecule has 120 valence electrons. The molecule has 3 rings (SSSR count). The molecule has 0 atom stereocenters. The molecule has 0 amide bonds. The first-order chi connectivity index (χ1) is 11.1. The van der Waals surface area contributed by atoms with Crippen LogP contribution in [0.5, 0.6) is 0 Å². The van der Waals surface area contributed by atoms with Crippen molar-refractivity contribution in [2.45, 2.75) is 20.1 Å². The molecule has 0 N–H and O–H groups in total. The van der Waals surface area contributed by atoms with Gasteiger partial charge in [-0.25, -0.2) is 4.68 Å². The molecule has 1 aromatic carbocycles. The maximum Gasteiger partial charge on any atom is 0.199 e. The molecule has 0 fully saturated rings. The van der Waals surface area contributed by atoms with E-state index in [1.807, 2.05) is 28.4 Å². The molecule has 3 aromatic rings. The highest BCUT2D eigenvalue weighted by atomic mass is 32.1. The van der Waals surface area contributed by atoms with Crippen molar-refractivity contribution in [3.05, 3.63) is 57.0 Å². The number of thiophene rings is 1. The fourth-order valence-electron chi connectivity index (χ4n) is 2.61. The summed E-state index contributed by atoms with van der Waals surface area (Å²) in [6.45, 7) is 3.66. The first-order valence-electron chi connectivity index (χ1n) is 7.45. The van der Waals surface area contributed by atoms with Gasteiger partial charge in [0.15, 0.2) is 10.6 Å². The largest absolute Gasteiger partial charge is 0.303 e. The molecular formula is C17H20N4S2. The lowest BCUT2D eigenvalue weighted by Crippen LogP contribution is -2.22. The van der Waals surface area contributed by atoms with Gasteiger partial charge < -0.3 is 4.57 Å². The Labute approximate surface area is 145 Å². The monoisotopic (exact) mass is 344 g/mol. The van der Waals surface area contributed by atoms with Crippen molar-refractivity contribution in [3.63, 3.8) is 0 Å². The summed E-state index contributed by atoms with van der Waals surface area (Å²) in [5.74, 6) is 0.914. The van der Waals surface area contributed by atoms with Crippen LogP contribution in [0.3, 0.4) is 0 Å². The van der Waals surface area contributed by atoms with Gasteiger partial charge in [0.05, 0.1) is 6.67 Å². The van der Waals surface area contributed by atoms with Crippen LogP contribution in [0.2, 0.25) is 0 Å². The molecule has 0 aliphatic heterocycles. The Morgan fingerprint density at radius 2 is 2.04 bits per heavy atom. The van der Waals surface area contributed by atoms with E-state index in [2.05, 4.69) is 47.8 Å². The second kappa shape index (κ2) is 6.78. The zero-order valence-corrected chi connectivity index (χ0v) is 15.2. The van der Waals surface area contributed by atoms with Gasteiger partial charge in [-0.05, 0) is 54.1 Å². The molecule has 0 aliphatic rings. The number of hydrogen-bond acceptors (Lipinski definition) is 4. The van der Waals surface area contributed by atoms with Gasteiger partial charge in [0.2, 0.25) is 0 Å². The van der Waals surface area contributed by atoms with E-state index in [1.165, 1.54) is 11.1 Å². The Bertz CT molecular complexity index is 846. The average Bonchev–Trinajstić information content (AvgIpc) is 3.12. The second-order valence-electron chi connectivity index (χ2n) is 5.77. The van der Waals surface area contributed by atoms with E-state index < -0.39 is 0 Å². The van der Waals surface area contributed by atoms with Gasteiger partial charge in [0.1, 0.15) is 0 Å². The van der Waals surface area contributed by atoms with E-state index in [9.17, 15) is 0 Å². The molecular weight excluding hydrogens is 324 g/mol. The average molecular weight is 345 g/mol. The minimum absolute atomic E-state index is 0.675. The van der Waals surface area contributed by atoms with E-state index >= 15 is 0 Å². The molecule has 23 heavy (non-hydrogen) atoms. The summed E-state index contributed by atoms with van der Waals surface area (Å²) in [6, 6.07) is 10.4. The third-order valence-electron chi connectivity index (χ3n) is 3.83. The molecule has 0 saturated carbocycles. The van der Waals surface area contributed by atoms with Gasteiger partial charge in [0, 0.05) is 19.2 Å². The number of aryl methyl sites for hydroxylation is 1. The number of nitrogens with zero attached hydrogens (tertiary/aromatic N) is 4. The van der Waals surface area contributed by atoms with E-state index in [0.717, 1.165) is 22.7 Å². The smallest absolute Gasteiger partial charge is 0.199 e. The van der Waals surface area contributed by atoms with Crippen molar-refractivity contribution >= 4 is 23.6 Å². The first kappa shape index (κ1) is 16.1. The highest BCUT2D eigenvalue weighted by Gasteiger charge is 2.13. The molecule has 4 nitrogen and oxygen atoms in total. The van der Waals surface area contributed by atoms with Crippen LogP contribution in [0.1, 0.15) is 11.1 Å². The van der Waals surface area contributed by atoms with Crippen LogP contribution in [0.25, 0.3) is 11.4 Å². The van der Waals surface area contributed by atoms with Gasteiger partial charge in [0.25, 0.3) is 0 Å². The minimum Gasteiger partial charge on any atom is -0.303 e. The van der Waals surface area contributed by atoms with E-state index in [4.69, 9.17) is 17.3 Å². The standard InChI is InChI=1S/C17H20N4S2/c1-13-6-4-5-7-15(13)16-18-21(17(22)20(16)3)12-19(2)10-14-8-9-23-11-14/h4-9,11H,10,12H2,1-3H3. The van der Waals surface area contributed by atoms with Crippen molar-refractivity contribution in [2.24, 2.45) is 7.05 Å². The Balaban J connectivity index is 1.86. The summed E-state index contributed by atoms with van der Waals surface area (Å²) in [6.07, 6.45) is 0. The second-order valence-corrected chi connectivity index (χ2v) is 6.91. The van der Waals surface area contributed by atoms with Crippen LogP contribution < -0.4 is 0 Å². The van der Waals surface area contributed by atoms with E-state index in [0.29, 0.717) is 6.67 Å². The van der Waals surface area contributed by atoms with Crippen LogP contribution in [-0.2, 0) is 20.3 Å². The molecule has 0 aliphatic carbocycles. The molecule has 0 radical (unpaired) electrons. The lowest BCUT2D eigenvalue weighted by Gasteiger charge is -2.15. The minimum atomic E-state index is 0.675. The first-order valence-corrected chi connectivity index (χ1v) is 8.81. The molecule has 0 saturated heterocycles. The van der Waals surface area contributed by atoms with Crippen LogP contribution in [0.4, 0.5) is 0 Å². The number of aromatic nitrogens is 3. The maximum atomic E-state index is 5.56. The summed E-state index contributed by atoms with van der Waals surface area (Å²) in [5, 5.41) is 9.02. The summed E-state index contributed by atoms with van der Waals surface area (Å²) in [7, 11) is 4.06. The zero-order chi connectivity index (χ0) is 16.4. The third-order valence-corrected chi connectivity index (χ3v) is 5.05. The van der Waals surface area contributed by atoms with E-state index in [-0.39, 0.29) is 0 Å². The van der Waals surface area contributed by atoms with Gasteiger partial charge in [-0.3, -0.25) is 4.90 Å². The van der Waals surface area contributed by atoms with Crippen molar-refractivity contribution in [3.8, 4) is 11.4 Å². The third kappa shape index (κ3) is 3.44. The fourth-order valence-corrected chi connectivity index (χ4v) is 3.46. The predicted molar refractivity (Wildman–Crippen MR) is 98.0 cm³/mol. The summed E-state index contributed by atoms with van der Waals surface area (Å²) >= 11 is 7.29. The van der Waals surface area contributed by atoms with Crippen LogP contribution in [-0.4, -0.2) is 26.3 Å². The summed E-state index contributed by atoms with van der Waals surface area (Å²) in [5.41, 5.74) is 3.65. The van der Waals surface area contributed by atoms with Gasteiger partial charge in [-0.15, -0.1) is 0 Å². The summed E-state index contributed by atoms with van der Waals surface area (Å²) in [4.78, 5) is 2.21. The molecule has 2 heterocycles. The normalized spacial score (nSPS) is 11.3. The van der Waals surface area contributed by atoms with Crippen molar-refractivity contribution in [1.29, 1.82) is 0 Å². The highest BCUT2D eigenvalue weighted by Crippen LogP contribution is 2.21. The lowest BCUT2D eigenvalue weighted by molar-refractivity contribution is 0.244. The Kier molecular flexibility index (Phi) is 4.75. The van der Waals surface area contributed by atoms with Crippen LogP contribution >= 0.6 is 23.6 Å². The topological polar surface area (TPSA) is 26.0 Å². The van der Waals surface area contributed by atoms with Gasteiger partial charge >= 0.3 is 0 Å². The van der Waals surface area contributed by atoms with Gasteiger partial charge in [-0.1, -0.05) is 24.3 Å². The number of hydrogen-bond donors (Lipinski definition) is 0. The van der Waals surface area contributed by atoms with Gasteiger partial charge in [-0.2, -0.15) is 16.4 Å². The van der Waals surface area contributed by atoms with Crippen LogP contribution in [0, 0.1) is 11.7 Å². The fraction of sp³-hybridized carbons (Fsp3) is 0.294. The highest BCUT2D eigenvalue weighted by molar-refractivity contribution is 7.71. The SMILES string of the molecule is Cc1ccccc1-c1nn(CN(C)Cc2ccsc2)c(=S)n1C. The van der Waals surface area contributed by atoms with Crippen molar-refractivity contribution in [1.82, 2.24) is 19.2 Å². The summed E-state index contributed by atoms with van der Waals surface area (Å²) < 4.78 is 4.61. The molecule has 6 heteroatoms. The predicted octanol–water partition coefficient (Wildman–Crippen LogP) is 4.08.